The lowest BCUT2D eigenvalue weighted by molar-refractivity contribution is -0.123. The summed E-state index contributed by atoms with van der Waals surface area (Å²) in [6.07, 6.45) is 4.88. The van der Waals surface area contributed by atoms with Crippen LogP contribution in [-0.2, 0) is 11.8 Å². The number of furan rings is 1. The topological polar surface area (TPSA) is 98.4 Å². The third-order valence-electron chi connectivity index (χ3n) is 4.34. The van der Waals surface area contributed by atoms with E-state index in [2.05, 4.69) is 15.6 Å². The van der Waals surface area contributed by atoms with Crippen molar-refractivity contribution in [1.82, 2.24) is 20.2 Å². The van der Waals surface area contributed by atoms with Crippen LogP contribution in [0.1, 0.15) is 34.9 Å². The Morgan fingerprint density at radius 2 is 1.93 bits per heavy atom. The Hall–Kier alpha value is -3.55. The van der Waals surface area contributed by atoms with Gasteiger partial charge in [-0.3, -0.25) is 9.59 Å². The minimum Gasteiger partial charge on any atom is -0.497 e. The number of methoxy groups -OCH3 is 1. The monoisotopic (exact) mass is 382 g/mol. The Labute approximate surface area is 162 Å². The molecule has 2 unspecified atom stereocenters. The number of hydrogen-bond donors (Lipinski definition) is 2. The van der Waals surface area contributed by atoms with Crippen molar-refractivity contribution >= 4 is 11.8 Å². The van der Waals surface area contributed by atoms with Gasteiger partial charge in [0.1, 0.15) is 23.7 Å². The molecule has 0 bridgehead atoms. The van der Waals surface area contributed by atoms with Gasteiger partial charge in [-0.25, -0.2) is 4.98 Å². The fraction of sp³-hybridized carbons (Fsp3) is 0.250. The molecule has 3 rings (SSSR count). The number of nitrogens with one attached hydrogen (secondary N) is 2. The first kappa shape index (κ1) is 19.2. The largest absolute Gasteiger partial charge is 0.497 e. The van der Waals surface area contributed by atoms with E-state index in [1.54, 1.807) is 32.5 Å². The van der Waals surface area contributed by atoms with Crippen LogP contribution >= 0.6 is 0 Å². The minimum absolute atomic E-state index is 0.149. The third kappa shape index (κ3) is 4.22. The second-order valence-corrected chi connectivity index (χ2v) is 6.28. The van der Waals surface area contributed by atoms with E-state index in [1.165, 1.54) is 12.3 Å². The third-order valence-corrected chi connectivity index (χ3v) is 4.34. The van der Waals surface area contributed by atoms with Crippen LogP contribution in [0.4, 0.5) is 0 Å². The highest BCUT2D eigenvalue weighted by molar-refractivity contribution is 5.95. The minimum atomic E-state index is -0.765. The molecule has 28 heavy (non-hydrogen) atoms. The Morgan fingerprint density at radius 3 is 2.50 bits per heavy atom. The van der Waals surface area contributed by atoms with E-state index in [0.29, 0.717) is 11.6 Å². The van der Waals surface area contributed by atoms with E-state index in [4.69, 9.17) is 9.15 Å². The number of aryl methyl sites for hydroxylation is 1. The van der Waals surface area contributed by atoms with Crippen molar-refractivity contribution in [3.8, 4) is 5.75 Å². The number of hydrogen-bond acceptors (Lipinski definition) is 5. The molecule has 0 saturated heterocycles. The number of carbonyl (C=O) groups is 2. The smallest absolute Gasteiger partial charge is 0.287 e. The van der Waals surface area contributed by atoms with Crippen LogP contribution in [0.3, 0.4) is 0 Å². The molecule has 2 aromatic heterocycles. The maximum atomic E-state index is 12.7. The zero-order chi connectivity index (χ0) is 20.1. The quantitative estimate of drug-likeness (QED) is 0.652. The Balaban J connectivity index is 1.77. The molecule has 2 heterocycles. The van der Waals surface area contributed by atoms with Crippen LogP contribution in [0.2, 0.25) is 0 Å². The van der Waals surface area contributed by atoms with E-state index in [-0.39, 0.29) is 11.7 Å². The second-order valence-electron chi connectivity index (χ2n) is 6.28. The maximum Gasteiger partial charge on any atom is 0.287 e. The Morgan fingerprint density at radius 1 is 1.18 bits per heavy atom. The lowest BCUT2D eigenvalue weighted by Gasteiger charge is -2.22. The van der Waals surface area contributed by atoms with E-state index in [1.807, 2.05) is 35.9 Å². The summed E-state index contributed by atoms with van der Waals surface area (Å²) < 4.78 is 12.1. The highest BCUT2D eigenvalue weighted by Crippen LogP contribution is 2.23. The van der Waals surface area contributed by atoms with Gasteiger partial charge >= 0.3 is 0 Å². The van der Waals surface area contributed by atoms with Crippen LogP contribution < -0.4 is 15.4 Å². The summed E-state index contributed by atoms with van der Waals surface area (Å²) in [5, 5.41) is 5.58. The normalized spacial score (nSPS) is 12.8. The molecule has 0 radical (unpaired) electrons. The van der Waals surface area contributed by atoms with Gasteiger partial charge in [0, 0.05) is 19.4 Å². The molecule has 8 nitrogen and oxygen atoms in total. The van der Waals surface area contributed by atoms with Crippen LogP contribution in [-0.4, -0.2) is 34.5 Å². The van der Waals surface area contributed by atoms with E-state index >= 15 is 0 Å². The molecule has 3 aromatic rings. The van der Waals surface area contributed by atoms with Gasteiger partial charge in [-0.1, -0.05) is 12.1 Å². The van der Waals surface area contributed by atoms with Gasteiger partial charge in [-0.05, 0) is 36.8 Å². The number of amides is 2. The number of rotatable bonds is 7. The molecule has 2 N–H and O–H groups in total. The van der Waals surface area contributed by atoms with E-state index < -0.39 is 18.0 Å². The van der Waals surface area contributed by atoms with Crippen molar-refractivity contribution in [2.24, 2.45) is 7.05 Å². The fourth-order valence-corrected chi connectivity index (χ4v) is 2.76. The summed E-state index contributed by atoms with van der Waals surface area (Å²) in [6.45, 7) is 1.61. The molecule has 0 spiro atoms. The highest BCUT2D eigenvalue weighted by atomic mass is 16.5. The molecule has 0 saturated carbocycles. The van der Waals surface area contributed by atoms with Crippen molar-refractivity contribution in [1.29, 1.82) is 0 Å². The van der Waals surface area contributed by atoms with Crippen molar-refractivity contribution in [2.45, 2.75) is 19.0 Å². The predicted octanol–water partition coefficient (Wildman–Crippen LogP) is 2.05. The number of imidazole rings is 1. The first-order valence-electron chi connectivity index (χ1n) is 8.75. The Kier molecular flexibility index (Phi) is 5.78. The van der Waals surface area contributed by atoms with Gasteiger partial charge < -0.3 is 24.4 Å². The predicted molar refractivity (Wildman–Crippen MR) is 102 cm³/mol. The van der Waals surface area contributed by atoms with Crippen LogP contribution in [0, 0.1) is 0 Å². The molecule has 2 amide bonds. The van der Waals surface area contributed by atoms with E-state index in [0.717, 1.165) is 5.56 Å². The SMILES string of the molecule is COc1ccc(C(NC(=O)C(C)NC(=O)c2ccco2)c2nccn2C)cc1. The van der Waals surface area contributed by atoms with Gasteiger partial charge in [-0.15, -0.1) is 0 Å². The first-order chi connectivity index (χ1) is 13.5. The summed E-state index contributed by atoms with van der Waals surface area (Å²) in [5.41, 5.74) is 0.841. The maximum absolute atomic E-state index is 12.7. The molecule has 0 aliphatic heterocycles. The molecule has 8 heteroatoms. The summed E-state index contributed by atoms with van der Waals surface area (Å²) in [5.74, 6) is 0.737. The van der Waals surface area contributed by atoms with Crippen LogP contribution in [0.5, 0.6) is 5.75 Å². The van der Waals surface area contributed by atoms with Gasteiger partial charge in [0.05, 0.1) is 13.4 Å². The lowest BCUT2D eigenvalue weighted by atomic mass is 10.1. The van der Waals surface area contributed by atoms with Crippen molar-refractivity contribution in [3.05, 3.63) is 72.2 Å². The standard InChI is InChI=1S/C20H22N4O4/c1-13(22-20(26)16-5-4-12-28-16)19(25)23-17(18-21-10-11-24(18)2)14-6-8-15(27-3)9-7-14/h4-13,17H,1-3H3,(H,22,26)(H,23,25). The number of benzene rings is 1. The average Bonchev–Trinajstić information content (AvgIpc) is 3.38. The van der Waals surface area contributed by atoms with Gasteiger partial charge in [0.15, 0.2) is 5.76 Å². The van der Waals surface area contributed by atoms with Crippen molar-refractivity contribution in [2.75, 3.05) is 7.11 Å². The van der Waals surface area contributed by atoms with Crippen molar-refractivity contribution < 1.29 is 18.7 Å². The molecule has 0 aliphatic rings. The zero-order valence-electron chi connectivity index (χ0n) is 15.9. The van der Waals surface area contributed by atoms with Crippen LogP contribution in [0.25, 0.3) is 0 Å². The summed E-state index contributed by atoms with van der Waals surface area (Å²) in [6, 6.07) is 9.27. The summed E-state index contributed by atoms with van der Waals surface area (Å²) in [7, 11) is 3.45. The average molecular weight is 382 g/mol. The molecule has 2 atom stereocenters. The van der Waals surface area contributed by atoms with Crippen molar-refractivity contribution in [3.63, 3.8) is 0 Å². The Bertz CT molecular complexity index is 932. The van der Waals surface area contributed by atoms with Crippen LogP contribution in [0.15, 0.2) is 59.5 Å². The molecule has 1 aromatic carbocycles. The number of carbonyl (C=O) groups excluding carboxylic acids is 2. The second kappa shape index (κ2) is 8.43. The molecular weight excluding hydrogens is 360 g/mol. The number of ether oxygens (including phenoxy) is 1. The molecule has 0 fully saturated rings. The zero-order valence-corrected chi connectivity index (χ0v) is 15.9. The number of nitrogens with zero attached hydrogens (tertiary/aromatic N) is 2. The fourth-order valence-electron chi connectivity index (χ4n) is 2.76. The first-order valence-corrected chi connectivity index (χ1v) is 8.75. The van der Waals surface area contributed by atoms with E-state index in [9.17, 15) is 9.59 Å². The molecule has 0 aliphatic carbocycles. The summed E-state index contributed by atoms with van der Waals surface area (Å²) in [4.78, 5) is 29.2. The highest BCUT2D eigenvalue weighted by Gasteiger charge is 2.25. The molecular formula is C20H22N4O4. The molecule has 146 valence electrons. The van der Waals surface area contributed by atoms with Gasteiger partial charge in [0.25, 0.3) is 5.91 Å². The number of aromatic nitrogens is 2. The summed E-state index contributed by atoms with van der Waals surface area (Å²) >= 11 is 0. The van der Waals surface area contributed by atoms with Gasteiger partial charge in [0.2, 0.25) is 5.91 Å². The lowest BCUT2D eigenvalue weighted by Crippen LogP contribution is -2.46. The van der Waals surface area contributed by atoms with Gasteiger partial charge in [-0.2, -0.15) is 0 Å².